The summed E-state index contributed by atoms with van der Waals surface area (Å²) in [6, 6.07) is 7.01. The van der Waals surface area contributed by atoms with Crippen LogP contribution in [0, 0.1) is 23.1 Å². The Labute approximate surface area is 175 Å². The van der Waals surface area contributed by atoms with Crippen LogP contribution in [0.3, 0.4) is 0 Å². The first-order chi connectivity index (χ1) is 14.0. The maximum absolute atomic E-state index is 14.8. The monoisotopic (exact) mass is 417 g/mol. The second kappa shape index (κ2) is 8.51. The predicted octanol–water partition coefficient (Wildman–Crippen LogP) is 2.12. The van der Waals surface area contributed by atoms with Crippen LogP contribution >= 0.6 is 12.2 Å². The third-order valence-corrected chi connectivity index (χ3v) is 6.05. The lowest BCUT2D eigenvalue weighted by Gasteiger charge is -2.35. The van der Waals surface area contributed by atoms with Crippen molar-refractivity contribution in [1.82, 2.24) is 10.2 Å². The summed E-state index contributed by atoms with van der Waals surface area (Å²) in [6.07, 6.45) is 1.48. The van der Waals surface area contributed by atoms with Gasteiger partial charge in [0, 0.05) is 32.1 Å². The number of benzene rings is 1. The third-order valence-electron chi connectivity index (χ3n) is 5.58. The van der Waals surface area contributed by atoms with E-state index in [4.69, 9.17) is 22.2 Å². The van der Waals surface area contributed by atoms with Gasteiger partial charge in [-0.2, -0.15) is 5.26 Å². The lowest BCUT2D eigenvalue weighted by molar-refractivity contribution is 0.143. The van der Waals surface area contributed by atoms with Gasteiger partial charge in [-0.25, -0.2) is 9.18 Å². The van der Waals surface area contributed by atoms with E-state index >= 15 is 0 Å². The maximum atomic E-state index is 14.8. The maximum Gasteiger partial charge on any atom is 0.414 e. The highest BCUT2D eigenvalue weighted by Crippen LogP contribution is 2.30. The second-order valence-electron chi connectivity index (χ2n) is 7.69. The number of carbonyl (C=O) groups excluding carboxylic acids is 1. The molecule has 1 atom stereocenters. The highest BCUT2D eigenvalue weighted by atomic mass is 32.1. The largest absolute Gasteiger partial charge is 0.442 e. The van der Waals surface area contributed by atoms with Gasteiger partial charge in [0.15, 0.2) is 0 Å². The molecule has 1 N–H and O–H groups in total. The highest BCUT2D eigenvalue weighted by Gasteiger charge is 2.34. The SMILES string of the molecule is N#CCN1CCN(c2ccc(N3C[C@H](CNC(=S)C4CC4)OC3=O)cc2F)CC1. The summed E-state index contributed by atoms with van der Waals surface area (Å²) in [4.78, 5) is 18.6. The lowest BCUT2D eigenvalue weighted by Crippen LogP contribution is -2.46. The number of nitrogens with zero attached hydrogens (tertiary/aromatic N) is 4. The molecule has 29 heavy (non-hydrogen) atoms. The van der Waals surface area contributed by atoms with Gasteiger partial charge in [0.05, 0.1) is 42.1 Å². The zero-order valence-electron chi connectivity index (χ0n) is 16.1. The van der Waals surface area contributed by atoms with E-state index in [1.807, 2.05) is 9.80 Å². The summed E-state index contributed by atoms with van der Waals surface area (Å²) in [5.74, 6) is 0.113. The van der Waals surface area contributed by atoms with Crippen molar-refractivity contribution >= 4 is 34.7 Å². The number of ether oxygens (including phenoxy) is 1. The fraction of sp³-hybridized carbons (Fsp3) is 0.550. The van der Waals surface area contributed by atoms with Crippen molar-refractivity contribution in [2.75, 3.05) is 55.6 Å². The molecular weight excluding hydrogens is 393 g/mol. The smallest absolute Gasteiger partial charge is 0.414 e. The predicted molar refractivity (Wildman–Crippen MR) is 112 cm³/mol. The van der Waals surface area contributed by atoms with Gasteiger partial charge in [-0.05, 0) is 31.0 Å². The quantitative estimate of drug-likeness (QED) is 0.562. The van der Waals surface area contributed by atoms with Gasteiger partial charge in [0.1, 0.15) is 11.9 Å². The number of hydrogen-bond donors (Lipinski definition) is 1. The molecule has 1 amide bonds. The molecule has 0 bridgehead atoms. The Hall–Kier alpha value is -2.44. The summed E-state index contributed by atoms with van der Waals surface area (Å²) in [6.45, 7) is 4.02. The topological polar surface area (TPSA) is 71.8 Å². The minimum absolute atomic E-state index is 0.310. The van der Waals surface area contributed by atoms with Crippen molar-refractivity contribution in [1.29, 1.82) is 5.26 Å². The van der Waals surface area contributed by atoms with Crippen molar-refractivity contribution < 1.29 is 13.9 Å². The zero-order valence-corrected chi connectivity index (χ0v) is 17.0. The van der Waals surface area contributed by atoms with E-state index in [2.05, 4.69) is 11.4 Å². The van der Waals surface area contributed by atoms with E-state index in [0.717, 1.165) is 30.9 Å². The van der Waals surface area contributed by atoms with Crippen molar-refractivity contribution in [3.8, 4) is 6.07 Å². The average Bonchev–Trinajstić information content (AvgIpc) is 3.50. The first kappa shape index (κ1) is 19.9. The fourth-order valence-electron chi connectivity index (χ4n) is 3.71. The molecule has 2 heterocycles. The minimum atomic E-state index is -0.466. The van der Waals surface area contributed by atoms with Crippen LogP contribution in [0.5, 0.6) is 0 Å². The molecular formula is C20H24FN5O2S. The summed E-state index contributed by atoms with van der Waals surface area (Å²) < 4.78 is 20.2. The van der Waals surface area contributed by atoms with Gasteiger partial charge >= 0.3 is 6.09 Å². The Kier molecular flexibility index (Phi) is 5.83. The molecule has 1 aromatic rings. The van der Waals surface area contributed by atoms with E-state index in [9.17, 15) is 9.18 Å². The Morgan fingerprint density at radius 3 is 2.72 bits per heavy atom. The number of cyclic esters (lactones) is 1. The van der Waals surface area contributed by atoms with Gasteiger partial charge in [0.2, 0.25) is 0 Å². The Bertz CT molecular complexity index is 833. The van der Waals surface area contributed by atoms with Crippen molar-refractivity contribution in [2.45, 2.75) is 18.9 Å². The van der Waals surface area contributed by atoms with Crippen LogP contribution in [0.1, 0.15) is 12.8 Å². The molecule has 9 heteroatoms. The molecule has 0 aromatic heterocycles. The molecule has 1 saturated carbocycles. The van der Waals surface area contributed by atoms with Crippen molar-refractivity contribution in [2.24, 2.45) is 5.92 Å². The van der Waals surface area contributed by atoms with Gasteiger partial charge < -0.3 is 15.0 Å². The molecule has 0 radical (unpaired) electrons. The molecule has 2 saturated heterocycles. The molecule has 154 valence electrons. The number of nitrogens with one attached hydrogen (secondary N) is 1. The number of nitriles is 1. The number of rotatable bonds is 6. The average molecular weight is 418 g/mol. The zero-order chi connectivity index (χ0) is 20.4. The van der Waals surface area contributed by atoms with E-state index in [1.165, 1.54) is 11.0 Å². The molecule has 2 aliphatic heterocycles. The van der Waals surface area contributed by atoms with Crippen LogP contribution in [0.15, 0.2) is 18.2 Å². The standard InChI is InChI=1S/C20H24FN5O2S/c21-17-11-15(3-4-18(17)25-9-7-24(6-5-22)8-10-25)26-13-16(28-20(26)27)12-23-19(29)14-1-2-14/h3-4,11,14,16H,1-2,6-10,12-13H2,(H,23,29)/t16-/m0/s1. The molecule has 1 aromatic carbocycles. The van der Waals surface area contributed by atoms with Gasteiger partial charge in [-0.3, -0.25) is 9.80 Å². The molecule has 7 nitrogen and oxygen atoms in total. The van der Waals surface area contributed by atoms with E-state index in [1.54, 1.807) is 12.1 Å². The summed E-state index contributed by atoms with van der Waals surface area (Å²) in [5.41, 5.74) is 1.01. The molecule has 4 rings (SSSR count). The molecule has 0 unspecified atom stereocenters. The van der Waals surface area contributed by atoms with Crippen LogP contribution in [0.4, 0.5) is 20.6 Å². The van der Waals surface area contributed by atoms with Crippen LogP contribution < -0.4 is 15.1 Å². The lowest BCUT2D eigenvalue weighted by atomic mass is 10.2. The number of amides is 1. The number of piperazine rings is 1. The number of carbonyl (C=O) groups is 1. The molecule has 3 aliphatic rings. The summed E-state index contributed by atoms with van der Waals surface area (Å²) >= 11 is 5.30. The molecule has 3 fully saturated rings. The fourth-order valence-corrected chi connectivity index (χ4v) is 4.03. The van der Waals surface area contributed by atoms with Crippen LogP contribution in [-0.2, 0) is 4.74 Å². The summed E-state index contributed by atoms with van der Waals surface area (Å²) in [5, 5.41) is 12.0. The number of halogens is 1. The molecule has 1 aliphatic carbocycles. The van der Waals surface area contributed by atoms with Gasteiger partial charge in [0.25, 0.3) is 0 Å². The van der Waals surface area contributed by atoms with Crippen LogP contribution in [0.25, 0.3) is 0 Å². The number of anilines is 2. The van der Waals surface area contributed by atoms with E-state index < -0.39 is 6.09 Å². The van der Waals surface area contributed by atoms with Crippen LogP contribution in [0.2, 0.25) is 0 Å². The van der Waals surface area contributed by atoms with Crippen LogP contribution in [-0.4, -0.2) is 67.9 Å². The Morgan fingerprint density at radius 1 is 1.31 bits per heavy atom. The Balaban J connectivity index is 1.35. The normalized spacial score (nSPS) is 22.3. The van der Waals surface area contributed by atoms with E-state index in [-0.39, 0.29) is 11.9 Å². The second-order valence-corrected chi connectivity index (χ2v) is 8.13. The number of thiocarbonyl (C=S) groups is 1. The first-order valence-electron chi connectivity index (χ1n) is 9.95. The summed E-state index contributed by atoms with van der Waals surface area (Å²) in [7, 11) is 0. The Morgan fingerprint density at radius 2 is 2.07 bits per heavy atom. The first-order valence-corrected chi connectivity index (χ1v) is 10.4. The van der Waals surface area contributed by atoms with Gasteiger partial charge in [-0.15, -0.1) is 0 Å². The molecule has 0 spiro atoms. The van der Waals surface area contributed by atoms with Crippen molar-refractivity contribution in [3.63, 3.8) is 0 Å². The van der Waals surface area contributed by atoms with Gasteiger partial charge in [-0.1, -0.05) is 12.2 Å². The minimum Gasteiger partial charge on any atom is -0.442 e. The number of hydrogen-bond acceptors (Lipinski definition) is 6. The van der Waals surface area contributed by atoms with E-state index in [0.29, 0.717) is 50.0 Å². The highest BCUT2D eigenvalue weighted by molar-refractivity contribution is 7.80. The van der Waals surface area contributed by atoms with Crippen molar-refractivity contribution in [3.05, 3.63) is 24.0 Å². The third kappa shape index (κ3) is 4.60.